The number of hydrogen-bond acceptors (Lipinski definition) is 3. The van der Waals surface area contributed by atoms with Crippen LogP contribution in [0.25, 0.3) is 0 Å². The van der Waals surface area contributed by atoms with E-state index in [0.717, 1.165) is 6.42 Å². The molecule has 2 saturated carbocycles. The molecule has 2 aliphatic rings. The van der Waals surface area contributed by atoms with Gasteiger partial charge >= 0.3 is 14.4 Å². The standard InChI is InChI=1S/C11H15F3O2S2/c1-7-6-8-4-5-10(7,9(8,2)3)17-18(15,16)11(12,13)14/h8H,1,4-6H2,2-3H3/t8-,10-/m0/s1. The molecule has 0 spiro atoms. The van der Waals surface area contributed by atoms with Crippen molar-refractivity contribution in [3.63, 3.8) is 0 Å². The summed E-state index contributed by atoms with van der Waals surface area (Å²) in [6.07, 6.45) is 1.86. The smallest absolute Gasteiger partial charge is 0.208 e. The summed E-state index contributed by atoms with van der Waals surface area (Å²) in [5, 5.41) is 0. The van der Waals surface area contributed by atoms with Crippen LogP contribution in [0.3, 0.4) is 0 Å². The molecule has 2 nitrogen and oxygen atoms in total. The first-order valence-electron chi connectivity index (χ1n) is 5.64. The van der Waals surface area contributed by atoms with E-state index < -0.39 is 24.5 Å². The average molecular weight is 300 g/mol. The molecule has 2 aliphatic carbocycles. The van der Waals surface area contributed by atoms with Crippen LogP contribution in [-0.4, -0.2) is 18.7 Å². The molecule has 2 atom stereocenters. The van der Waals surface area contributed by atoms with Gasteiger partial charge in [-0.25, -0.2) is 8.42 Å². The Kier molecular flexibility index (Phi) is 2.92. The minimum Gasteiger partial charge on any atom is -0.208 e. The summed E-state index contributed by atoms with van der Waals surface area (Å²) in [5.41, 5.74) is -5.02. The highest BCUT2D eigenvalue weighted by Gasteiger charge is 2.65. The van der Waals surface area contributed by atoms with Gasteiger partial charge in [0.2, 0.25) is 0 Å². The highest BCUT2D eigenvalue weighted by Crippen LogP contribution is 2.69. The molecule has 18 heavy (non-hydrogen) atoms. The fourth-order valence-corrected chi connectivity index (χ4v) is 7.19. The van der Waals surface area contributed by atoms with Crippen molar-refractivity contribution in [2.45, 2.75) is 43.4 Å². The Morgan fingerprint density at radius 3 is 2.28 bits per heavy atom. The average Bonchev–Trinajstić information content (AvgIpc) is 2.48. The lowest BCUT2D eigenvalue weighted by atomic mass is 9.81. The number of hydrogen-bond donors (Lipinski definition) is 0. The van der Waals surface area contributed by atoms with Gasteiger partial charge in [0.1, 0.15) is 0 Å². The summed E-state index contributed by atoms with van der Waals surface area (Å²) in [4.78, 5) is 0. The summed E-state index contributed by atoms with van der Waals surface area (Å²) >= 11 is 0. The summed E-state index contributed by atoms with van der Waals surface area (Å²) in [6, 6.07) is 0. The van der Waals surface area contributed by atoms with Crippen molar-refractivity contribution in [1.82, 2.24) is 0 Å². The Morgan fingerprint density at radius 1 is 1.39 bits per heavy atom. The van der Waals surface area contributed by atoms with Crippen molar-refractivity contribution in [1.29, 1.82) is 0 Å². The molecule has 0 aromatic carbocycles. The van der Waals surface area contributed by atoms with E-state index >= 15 is 0 Å². The molecule has 0 radical (unpaired) electrons. The lowest BCUT2D eigenvalue weighted by Gasteiger charge is -2.37. The largest absolute Gasteiger partial charge is 0.507 e. The summed E-state index contributed by atoms with van der Waals surface area (Å²) in [6.45, 7) is 7.52. The van der Waals surface area contributed by atoms with E-state index in [9.17, 15) is 21.6 Å². The van der Waals surface area contributed by atoms with Gasteiger partial charge in [0, 0.05) is 0 Å². The molecule has 0 saturated heterocycles. The van der Waals surface area contributed by atoms with Gasteiger partial charge in [0.25, 0.3) is 0 Å². The minimum atomic E-state index is -5.20. The zero-order chi connectivity index (χ0) is 14.0. The zero-order valence-corrected chi connectivity index (χ0v) is 11.8. The minimum absolute atomic E-state index is 0.0683. The summed E-state index contributed by atoms with van der Waals surface area (Å²) < 4.78 is 59.5. The van der Waals surface area contributed by atoms with Crippen molar-refractivity contribution in [3.05, 3.63) is 12.2 Å². The molecule has 0 amide bonds. The normalized spacial score (nSPS) is 35.2. The van der Waals surface area contributed by atoms with Crippen LogP contribution < -0.4 is 0 Å². The van der Waals surface area contributed by atoms with E-state index in [-0.39, 0.29) is 16.7 Å². The van der Waals surface area contributed by atoms with Crippen LogP contribution in [0.5, 0.6) is 0 Å². The molecule has 0 heterocycles. The Labute approximate surface area is 108 Å². The van der Waals surface area contributed by atoms with E-state index in [0.29, 0.717) is 18.4 Å². The molecular weight excluding hydrogens is 285 g/mol. The monoisotopic (exact) mass is 300 g/mol. The van der Waals surface area contributed by atoms with Gasteiger partial charge in [-0.3, -0.25) is 0 Å². The van der Waals surface area contributed by atoms with Crippen LogP contribution in [0, 0.1) is 11.3 Å². The highest BCUT2D eigenvalue weighted by atomic mass is 33.1. The van der Waals surface area contributed by atoms with Gasteiger partial charge in [0.15, 0.2) is 0 Å². The molecule has 2 fully saturated rings. The van der Waals surface area contributed by atoms with E-state index in [1.54, 1.807) is 0 Å². The van der Waals surface area contributed by atoms with Crippen LogP contribution >= 0.6 is 10.8 Å². The predicted molar refractivity (Wildman–Crippen MR) is 65.6 cm³/mol. The Morgan fingerprint density at radius 2 is 1.94 bits per heavy atom. The van der Waals surface area contributed by atoms with Gasteiger partial charge in [-0.15, -0.1) is 0 Å². The predicted octanol–water partition coefficient (Wildman–Crippen LogP) is 3.70. The molecule has 0 unspecified atom stereocenters. The molecular formula is C11H15F3O2S2. The second-order valence-electron chi connectivity index (χ2n) is 5.58. The van der Waals surface area contributed by atoms with E-state index in [2.05, 4.69) is 6.58 Å². The lowest BCUT2D eigenvalue weighted by molar-refractivity contribution is -0.0410. The van der Waals surface area contributed by atoms with Gasteiger partial charge in [0.05, 0.1) is 4.75 Å². The second kappa shape index (κ2) is 3.69. The van der Waals surface area contributed by atoms with Crippen molar-refractivity contribution < 1.29 is 21.6 Å². The SMILES string of the molecule is C=C1C[C@@H]2CC[C@@]1(SS(=O)(=O)C(F)(F)F)C2(C)C. The van der Waals surface area contributed by atoms with Gasteiger partial charge < -0.3 is 0 Å². The Bertz CT molecular complexity index is 493. The molecule has 0 aromatic rings. The molecule has 7 heteroatoms. The van der Waals surface area contributed by atoms with Gasteiger partial charge in [-0.05, 0) is 41.4 Å². The molecule has 2 bridgehead atoms. The lowest BCUT2D eigenvalue weighted by Crippen LogP contribution is -2.38. The number of halogens is 3. The second-order valence-corrected chi connectivity index (χ2v) is 9.63. The summed E-state index contributed by atoms with van der Waals surface area (Å²) in [7, 11) is -5.10. The first kappa shape index (κ1) is 14.2. The third kappa shape index (κ3) is 1.66. The highest BCUT2D eigenvalue weighted by molar-refractivity contribution is 8.72. The van der Waals surface area contributed by atoms with Crippen LogP contribution in [0.1, 0.15) is 33.1 Å². The first-order chi connectivity index (χ1) is 7.94. The maximum absolute atomic E-state index is 12.5. The first-order valence-corrected chi connectivity index (χ1v) is 8.46. The summed E-state index contributed by atoms with van der Waals surface area (Å²) in [5.74, 6) is 0.237. The van der Waals surface area contributed by atoms with Crippen molar-refractivity contribution >= 4 is 19.7 Å². The van der Waals surface area contributed by atoms with Crippen LogP contribution in [0.15, 0.2) is 12.2 Å². The van der Waals surface area contributed by atoms with Crippen LogP contribution in [-0.2, 0) is 8.87 Å². The zero-order valence-electron chi connectivity index (χ0n) is 10.2. The molecule has 0 N–H and O–H groups in total. The van der Waals surface area contributed by atoms with Crippen molar-refractivity contribution in [2.24, 2.45) is 11.3 Å². The molecule has 2 rings (SSSR count). The number of alkyl halides is 3. The fraction of sp³-hybridized carbons (Fsp3) is 0.818. The van der Waals surface area contributed by atoms with Gasteiger partial charge in [-0.2, -0.15) is 13.2 Å². The van der Waals surface area contributed by atoms with E-state index in [4.69, 9.17) is 0 Å². The Hall–Kier alpha value is -0.170. The maximum atomic E-state index is 12.5. The van der Waals surface area contributed by atoms with Crippen LogP contribution in [0.4, 0.5) is 13.2 Å². The molecule has 0 aromatic heterocycles. The third-order valence-electron chi connectivity index (χ3n) is 4.51. The molecule has 0 aliphatic heterocycles. The third-order valence-corrected chi connectivity index (χ3v) is 8.67. The fourth-order valence-electron chi connectivity index (χ4n) is 3.28. The van der Waals surface area contributed by atoms with E-state index in [1.165, 1.54) is 0 Å². The number of rotatable bonds is 2. The molecule has 104 valence electrons. The maximum Gasteiger partial charge on any atom is 0.507 e. The number of fused-ring (bicyclic) bond motifs is 2. The van der Waals surface area contributed by atoms with Crippen LogP contribution in [0.2, 0.25) is 0 Å². The quantitative estimate of drug-likeness (QED) is 0.576. The topological polar surface area (TPSA) is 34.1 Å². The van der Waals surface area contributed by atoms with Crippen molar-refractivity contribution in [2.75, 3.05) is 0 Å². The Balaban J connectivity index is 2.42. The van der Waals surface area contributed by atoms with E-state index in [1.807, 2.05) is 13.8 Å². The van der Waals surface area contributed by atoms with Crippen molar-refractivity contribution in [3.8, 4) is 0 Å². The van der Waals surface area contributed by atoms with Gasteiger partial charge in [-0.1, -0.05) is 26.0 Å².